The second-order valence-electron chi connectivity index (χ2n) is 7.21. The summed E-state index contributed by atoms with van der Waals surface area (Å²) in [6, 6.07) is 9.98. The van der Waals surface area contributed by atoms with Crippen LogP contribution in [0.25, 0.3) is 5.69 Å². The number of nitrogens with zero attached hydrogens (tertiary/aromatic N) is 2. The second kappa shape index (κ2) is 8.79. The molecule has 0 aliphatic heterocycles. The molecule has 1 aromatic heterocycles. The number of alkyl halides is 3. The van der Waals surface area contributed by atoms with E-state index in [9.17, 15) is 31.2 Å². The van der Waals surface area contributed by atoms with Crippen molar-refractivity contribution in [2.45, 2.75) is 31.5 Å². The Hall–Kier alpha value is -3.51. The molecule has 1 amide bonds. The van der Waals surface area contributed by atoms with Crippen LogP contribution in [0.2, 0.25) is 0 Å². The molecule has 2 aromatic carbocycles. The van der Waals surface area contributed by atoms with Gasteiger partial charge in [-0.2, -0.15) is 18.3 Å². The fourth-order valence-electron chi connectivity index (χ4n) is 3.25. The molecule has 1 heterocycles. The lowest BCUT2D eigenvalue weighted by Gasteiger charge is -2.10. The minimum atomic E-state index is -4.55. The summed E-state index contributed by atoms with van der Waals surface area (Å²) < 4.78 is 63.2. The van der Waals surface area contributed by atoms with Crippen molar-refractivity contribution in [3.05, 3.63) is 76.6 Å². The number of Topliss-reactive ketones (excluding diaryl/α,β-unsaturated/α-hetero) is 1. The average molecular weight is 480 g/mol. The van der Waals surface area contributed by atoms with Crippen LogP contribution in [0.15, 0.2) is 53.4 Å². The molecule has 0 fully saturated rings. The van der Waals surface area contributed by atoms with Gasteiger partial charge in [0.25, 0.3) is 11.7 Å². The van der Waals surface area contributed by atoms with Crippen molar-refractivity contribution in [1.29, 1.82) is 0 Å². The fraction of sp³-hybridized carbons (Fsp3) is 0.190. The maximum absolute atomic E-state index is 13.0. The highest BCUT2D eigenvalue weighted by molar-refractivity contribution is 7.89. The molecule has 174 valence electrons. The first-order valence-electron chi connectivity index (χ1n) is 9.47. The lowest BCUT2D eigenvalue weighted by atomic mass is 10.1. The quantitative estimate of drug-likeness (QED) is 0.415. The van der Waals surface area contributed by atoms with Gasteiger partial charge in [-0.1, -0.05) is 18.2 Å². The number of hydrogen-bond donors (Lipinski definition) is 2. The molecule has 0 saturated carbocycles. The number of aromatic nitrogens is 2. The Morgan fingerprint density at radius 3 is 2.39 bits per heavy atom. The van der Waals surface area contributed by atoms with E-state index in [-0.39, 0.29) is 34.1 Å². The van der Waals surface area contributed by atoms with Crippen molar-refractivity contribution in [2.24, 2.45) is 5.14 Å². The van der Waals surface area contributed by atoms with Crippen LogP contribution in [0, 0.1) is 13.8 Å². The summed E-state index contributed by atoms with van der Waals surface area (Å²) >= 11 is 0. The normalized spacial score (nSPS) is 11.9. The lowest BCUT2D eigenvalue weighted by molar-refractivity contribution is -0.137. The van der Waals surface area contributed by atoms with E-state index >= 15 is 0 Å². The van der Waals surface area contributed by atoms with Gasteiger partial charge in [-0.25, -0.2) is 18.2 Å². The standard InChI is InChI=1S/C21H19F3N4O4S/c1-12-18(13(2)28(27-12)16-7-4-6-15(10-16)21(22,23)24)19(29)20(30)26-11-14-5-3-8-17(9-14)33(25,31)32/h3-10H,11H2,1-2H3,(H,26,30)(H2,25,31,32). The Bertz CT molecular complexity index is 1350. The zero-order valence-electron chi connectivity index (χ0n) is 17.5. The molecule has 33 heavy (non-hydrogen) atoms. The van der Waals surface area contributed by atoms with Crippen molar-refractivity contribution in [3.63, 3.8) is 0 Å². The Morgan fingerprint density at radius 1 is 1.09 bits per heavy atom. The van der Waals surface area contributed by atoms with Crippen LogP contribution in [-0.4, -0.2) is 29.9 Å². The lowest BCUT2D eigenvalue weighted by Crippen LogP contribution is -2.31. The first-order chi connectivity index (χ1) is 15.3. The van der Waals surface area contributed by atoms with E-state index in [1.54, 1.807) is 6.07 Å². The van der Waals surface area contributed by atoms with E-state index in [1.165, 1.54) is 48.9 Å². The van der Waals surface area contributed by atoms with Crippen LogP contribution in [0.3, 0.4) is 0 Å². The molecule has 0 aliphatic rings. The third-order valence-corrected chi connectivity index (χ3v) is 5.73. The van der Waals surface area contributed by atoms with E-state index in [2.05, 4.69) is 10.4 Å². The van der Waals surface area contributed by atoms with Gasteiger partial charge in [0.05, 0.1) is 33.1 Å². The molecule has 0 saturated heterocycles. The molecule has 3 aromatic rings. The SMILES string of the molecule is Cc1nn(-c2cccc(C(F)(F)F)c2)c(C)c1C(=O)C(=O)NCc1cccc(S(N)(=O)=O)c1. The van der Waals surface area contributed by atoms with Crippen LogP contribution in [0.4, 0.5) is 13.2 Å². The van der Waals surface area contributed by atoms with Gasteiger partial charge in [-0.15, -0.1) is 0 Å². The van der Waals surface area contributed by atoms with Gasteiger partial charge in [-0.3, -0.25) is 9.59 Å². The van der Waals surface area contributed by atoms with Gasteiger partial charge in [0.1, 0.15) is 0 Å². The topological polar surface area (TPSA) is 124 Å². The largest absolute Gasteiger partial charge is 0.416 e. The average Bonchev–Trinajstić information content (AvgIpc) is 3.04. The number of carbonyl (C=O) groups excluding carboxylic acids is 2. The zero-order valence-corrected chi connectivity index (χ0v) is 18.3. The predicted octanol–water partition coefficient (Wildman–Crippen LogP) is 2.65. The molecule has 0 atom stereocenters. The minimum Gasteiger partial charge on any atom is -0.345 e. The number of amides is 1. The van der Waals surface area contributed by atoms with Gasteiger partial charge in [0.15, 0.2) is 0 Å². The summed E-state index contributed by atoms with van der Waals surface area (Å²) in [5, 5.41) is 11.6. The summed E-state index contributed by atoms with van der Waals surface area (Å²) in [4.78, 5) is 25.0. The maximum Gasteiger partial charge on any atom is 0.416 e. The first kappa shape index (κ1) is 24.1. The Kier molecular flexibility index (Phi) is 6.43. The summed E-state index contributed by atoms with van der Waals surface area (Å²) in [7, 11) is -3.93. The number of hydrogen-bond acceptors (Lipinski definition) is 5. The first-order valence-corrected chi connectivity index (χ1v) is 11.0. The highest BCUT2D eigenvalue weighted by Crippen LogP contribution is 2.31. The monoisotopic (exact) mass is 480 g/mol. The van der Waals surface area contributed by atoms with E-state index in [0.717, 1.165) is 12.1 Å². The highest BCUT2D eigenvalue weighted by Gasteiger charge is 2.31. The number of benzene rings is 2. The number of carbonyl (C=O) groups is 2. The zero-order chi connectivity index (χ0) is 24.6. The van der Waals surface area contributed by atoms with Crippen molar-refractivity contribution in [2.75, 3.05) is 0 Å². The minimum absolute atomic E-state index is 0.0387. The third-order valence-electron chi connectivity index (χ3n) is 4.82. The number of primary sulfonamides is 1. The molecule has 8 nitrogen and oxygen atoms in total. The van der Waals surface area contributed by atoms with Crippen molar-refractivity contribution < 1.29 is 31.2 Å². The highest BCUT2D eigenvalue weighted by atomic mass is 32.2. The smallest absolute Gasteiger partial charge is 0.345 e. The number of nitrogens with one attached hydrogen (secondary N) is 1. The van der Waals surface area contributed by atoms with Crippen molar-refractivity contribution in [3.8, 4) is 5.69 Å². The van der Waals surface area contributed by atoms with Gasteiger partial charge in [0.2, 0.25) is 10.0 Å². The second-order valence-corrected chi connectivity index (χ2v) is 8.77. The number of nitrogens with two attached hydrogens (primary N) is 1. The van der Waals surface area contributed by atoms with Crippen LogP contribution in [-0.2, 0) is 27.5 Å². The number of ketones is 1. The summed E-state index contributed by atoms with van der Waals surface area (Å²) in [5.74, 6) is -1.91. The summed E-state index contributed by atoms with van der Waals surface area (Å²) in [6.07, 6.45) is -4.55. The molecule has 0 radical (unpaired) electrons. The number of aryl methyl sites for hydroxylation is 1. The molecule has 0 aliphatic carbocycles. The van der Waals surface area contributed by atoms with E-state index in [0.29, 0.717) is 5.56 Å². The molecule has 3 rings (SSSR count). The summed E-state index contributed by atoms with van der Waals surface area (Å²) in [5.41, 5.74) is -0.0620. The third kappa shape index (κ3) is 5.29. The fourth-order valence-corrected chi connectivity index (χ4v) is 3.83. The predicted molar refractivity (Wildman–Crippen MR) is 112 cm³/mol. The van der Waals surface area contributed by atoms with Gasteiger partial charge in [0, 0.05) is 6.54 Å². The molecule has 12 heteroatoms. The number of rotatable bonds is 6. The molecule has 3 N–H and O–H groups in total. The Labute approximate surface area is 187 Å². The van der Waals surface area contributed by atoms with E-state index < -0.39 is 33.5 Å². The van der Waals surface area contributed by atoms with Crippen LogP contribution in [0.5, 0.6) is 0 Å². The number of halogens is 3. The van der Waals surface area contributed by atoms with Crippen molar-refractivity contribution >= 4 is 21.7 Å². The Balaban J connectivity index is 1.83. The Morgan fingerprint density at radius 2 is 1.76 bits per heavy atom. The van der Waals surface area contributed by atoms with Crippen LogP contribution < -0.4 is 10.5 Å². The van der Waals surface area contributed by atoms with Gasteiger partial charge < -0.3 is 5.32 Å². The molecular formula is C21H19F3N4O4S. The number of sulfonamides is 1. The molecule has 0 unspecified atom stereocenters. The molecule has 0 spiro atoms. The van der Waals surface area contributed by atoms with E-state index in [1.807, 2.05) is 0 Å². The maximum atomic E-state index is 13.0. The summed E-state index contributed by atoms with van der Waals surface area (Å²) in [6.45, 7) is 2.79. The van der Waals surface area contributed by atoms with Crippen LogP contribution in [0.1, 0.15) is 32.9 Å². The molecular weight excluding hydrogens is 461 g/mol. The van der Waals surface area contributed by atoms with Gasteiger partial charge >= 0.3 is 6.18 Å². The van der Waals surface area contributed by atoms with Crippen LogP contribution >= 0.6 is 0 Å². The molecule has 0 bridgehead atoms. The van der Waals surface area contributed by atoms with E-state index in [4.69, 9.17) is 5.14 Å². The van der Waals surface area contributed by atoms with Crippen molar-refractivity contribution in [1.82, 2.24) is 15.1 Å². The van der Waals surface area contributed by atoms with Gasteiger partial charge in [-0.05, 0) is 49.7 Å².